The van der Waals surface area contributed by atoms with Crippen molar-refractivity contribution in [2.75, 3.05) is 5.32 Å². The molecule has 8 heteroatoms. The average molecular weight is 323 g/mol. The third kappa shape index (κ3) is 4.75. The molecule has 0 fully saturated rings. The number of halogens is 1. The van der Waals surface area contributed by atoms with Crippen LogP contribution in [0.5, 0.6) is 0 Å². The fourth-order valence-electron chi connectivity index (χ4n) is 1.40. The Labute approximate surface area is 132 Å². The van der Waals surface area contributed by atoms with Gasteiger partial charge in [0.05, 0.1) is 15.6 Å². The van der Waals surface area contributed by atoms with Crippen molar-refractivity contribution in [3.63, 3.8) is 0 Å². The van der Waals surface area contributed by atoms with Gasteiger partial charge >= 0.3 is 0 Å². The summed E-state index contributed by atoms with van der Waals surface area (Å²) >= 11 is 5.89. The second-order valence-corrected chi connectivity index (χ2v) is 4.93. The summed E-state index contributed by atoms with van der Waals surface area (Å²) in [5, 5.41) is 25.2. The first-order valence-corrected chi connectivity index (χ1v) is 6.88. The number of benzene rings is 1. The number of nitro benzene ring substituents is 1. The van der Waals surface area contributed by atoms with Crippen LogP contribution in [0.3, 0.4) is 0 Å². The van der Waals surface area contributed by atoms with Gasteiger partial charge < -0.3 is 10.6 Å². The minimum atomic E-state index is -0.694. The van der Waals surface area contributed by atoms with Crippen LogP contribution in [-0.4, -0.2) is 16.9 Å². The van der Waals surface area contributed by atoms with Crippen molar-refractivity contribution in [3.05, 3.63) is 45.1 Å². The Morgan fingerprint density at radius 1 is 1.59 bits per heavy atom. The van der Waals surface area contributed by atoms with Gasteiger partial charge in [-0.05, 0) is 19.4 Å². The second kappa shape index (κ2) is 8.00. The first-order valence-electron chi connectivity index (χ1n) is 6.50. The van der Waals surface area contributed by atoms with Gasteiger partial charge in [0, 0.05) is 24.4 Å². The molecule has 0 aliphatic carbocycles. The fourth-order valence-corrected chi connectivity index (χ4v) is 1.57. The number of nitrogens with zero attached hydrogens (tertiary/aromatic N) is 2. The van der Waals surface area contributed by atoms with E-state index in [9.17, 15) is 14.9 Å². The number of nitrogens with one attached hydrogen (secondary N) is 2. The summed E-state index contributed by atoms with van der Waals surface area (Å²) in [7, 11) is 0. The summed E-state index contributed by atoms with van der Waals surface area (Å²) in [5.41, 5.74) is -0.284. The maximum atomic E-state index is 12.0. The molecule has 0 saturated heterocycles. The molecule has 0 spiro atoms. The van der Waals surface area contributed by atoms with E-state index in [1.165, 1.54) is 18.3 Å². The SMILES string of the molecule is CCC(C)N/C=C(/C#N)C(=O)Nc1cc([N+](=O)[O-])ccc1Cl. The van der Waals surface area contributed by atoms with E-state index in [1.807, 2.05) is 13.8 Å². The van der Waals surface area contributed by atoms with Gasteiger partial charge in [0.25, 0.3) is 11.6 Å². The van der Waals surface area contributed by atoms with Crippen molar-refractivity contribution >= 4 is 28.9 Å². The van der Waals surface area contributed by atoms with E-state index in [-0.39, 0.29) is 28.0 Å². The van der Waals surface area contributed by atoms with Crippen LogP contribution in [0.4, 0.5) is 11.4 Å². The van der Waals surface area contributed by atoms with Crippen molar-refractivity contribution < 1.29 is 9.72 Å². The first-order chi connectivity index (χ1) is 10.4. The molecule has 0 radical (unpaired) electrons. The highest BCUT2D eigenvalue weighted by Gasteiger charge is 2.15. The normalized spacial score (nSPS) is 12.2. The molecule has 1 aromatic rings. The molecule has 0 bridgehead atoms. The zero-order valence-electron chi connectivity index (χ0n) is 12.1. The number of nitriles is 1. The molecule has 7 nitrogen and oxygen atoms in total. The van der Waals surface area contributed by atoms with Crippen LogP contribution in [0.2, 0.25) is 5.02 Å². The predicted molar refractivity (Wildman–Crippen MR) is 83.3 cm³/mol. The van der Waals surface area contributed by atoms with Crippen LogP contribution < -0.4 is 10.6 Å². The lowest BCUT2D eigenvalue weighted by molar-refractivity contribution is -0.384. The van der Waals surface area contributed by atoms with E-state index in [4.69, 9.17) is 16.9 Å². The van der Waals surface area contributed by atoms with Crippen molar-refractivity contribution in [1.29, 1.82) is 5.26 Å². The molecule has 22 heavy (non-hydrogen) atoms. The predicted octanol–water partition coefficient (Wildman–Crippen LogP) is 2.98. The fraction of sp³-hybridized carbons (Fsp3) is 0.286. The molecule has 1 aromatic carbocycles. The summed E-state index contributed by atoms with van der Waals surface area (Å²) in [6.45, 7) is 3.86. The number of amides is 1. The van der Waals surface area contributed by atoms with Gasteiger partial charge in [-0.3, -0.25) is 14.9 Å². The Balaban J connectivity index is 2.93. The number of nitro groups is 1. The molecule has 1 atom stereocenters. The van der Waals surface area contributed by atoms with Crippen LogP contribution in [0.15, 0.2) is 30.0 Å². The molecule has 0 aliphatic rings. The minimum absolute atomic E-state index is 0.0746. The number of hydrogen-bond acceptors (Lipinski definition) is 5. The summed E-state index contributed by atoms with van der Waals surface area (Å²) < 4.78 is 0. The molecule has 0 saturated carbocycles. The summed E-state index contributed by atoms with van der Waals surface area (Å²) in [5.74, 6) is -0.694. The lowest BCUT2D eigenvalue weighted by Gasteiger charge is -2.09. The summed E-state index contributed by atoms with van der Waals surface area (Å²) in [4.78, 5) is 22.1. The minimum Gasteiger partial charge on any atom is -0.387 e. The standard InChI is InChI=1S/C14H15ClN4O3/c1-3-9(2)17-8-10(7-16)14(20)18-13-6-11(19(21)22)4-5-12(13)15/h4-6,8-9,17H,3H2,1-2H3,(H,18,20)/b10-8-. The van der Waals surface area contributed by atoms with Gasteiger partial charge in [0.2, 0.25) is 0 Å². The van der Waals surface area contributed by atoms with Crippen LogP contribution in [0.25, 0.3) is 0 Å². The third-order valence-corrected chi connectivity index (χ3v) is 3.23. The number of carbonyl (C=O) groups is 1. The van der Waals surface area contributed by atoms with E-state index in [0.717, 1.165) is 12.5 Å². The number of hydrogen-bond donors (Lipinski definition) is 2. The van der Waals surface area contributed by atoms with Gasteiger partial charge in [-0.25, -0.2) is 0 Å². The van der Waals surface area contributed by atoms with Crippen molar-refractivity contribution in [2.24, 2.45) is 0 Å². The molecule has 116 valence electrons. The Morgan fingerprint density at radius 3 is 2.82 bits per heavy atom. The van der Waals surface area contributed by atoms with Gasteiger partial charge in [0.1, 0.15) is 11.6 Å². The lowest BCUT2D eigenvalue weighted by atomic mass is 10.2. The van der Waals surface area contributed by atoms with Crippen molar-refractivity contribution in [2.45, 2.75) is 26.3 Å². The highest BCUT2D eigenvalue weighted by Crippen LogP contribution is 2.26. The first kappa shape index (κ1) is 17.5. The Morgan fingerprint density at radius 2 is 2.27 bits per heavy atom. The molecule has 1 unspecified atom stereocenters. The Kier molecular flexibility index (Phi) is 6.35. The molecule has 0 aromatic heterocycles. The van der Waals surface area contributed by atoms with Crippen molar-refractivity contribution in [1.82, 2.24) is 5.32 Å². The van der Waals surface area contributed by atoms with Crippen molar-refractivity contribution in [3.8, 4) is 6.07 Å². The average Bonchev–Trinajstić information content (AvgIpc) is 2.49. The molecule has 2 N–H and O–H groups in total. The largest absolute Gasteiger partial charge is 0.387 e. The van der Waals surface area contributed by atoms with Crippen LogP contribution in [0.1, 0.15) is 20.3 Å². The number of non-ortho nitro benzene ring substituents is 1. The molecular formula is C14H15ClN4O3. The Bertz CT molecular complexity index is 652. The van der Waals surface area contributed by atoms with Gasteiger partial charge in [-0.15, -0.1) is 0 Å². The highest BCUT2D eigenvalue weighted by molar-refractivity contribution is 6.34. The maximum Gasteiger partial charge on any atom is 0.271 e. The molecule has 1 rings (SSSR count). The monoisotopic (exact) mass is 322 g/mol. The number of anilines is 1. The molecule has 1 amide bonds. The smallest absolute Gasteiger partial charge is 0.271 e. The Hall–Kier alpha value is -2.59. The van der Waals surface area contributed by atoms with Gasteiger partial charge in [0.15, 0.2) is 0 Å². The van der Waals surface area contributed by atoms with Crippen LogP contribution in [0, 0.1) is 21.4 Å². The van der Waals surface area contributed by atoms with E-state index < -0.39 is 10.8 Å². The molecule has 0 aliphatic heterocycles. The lowest BCUT2D eigenvalue weighted by Crippen LogP contribution is -2.22. The topological polar surface area (TPSA) is 108 Å². The number of carbonyl (C=O) groups excluding carboxylic acids is 1. The second-order valence-electron chi connectivity index (χ2n) is 4.52. The van der Waals surface area contributed by atoms with E-state index in [0.29, 0.717) is 0 Å². The zero-order valence-corrected chi connectivity index (χ0v) is 12.8. The van der Waals surface area contributed by atoms with Crippen LogP contribution in [-0.2, 0) is 4.79 Å². The van der Waals surface area contributed by atoms with E-state index in [2.05, 4.69) is 10.6 Å². The maximum absolute atomic E-state index is 12.0. The number of rotatable bonds is 6. The quantitative estimate of drug-likeness (QED) is 0.362. The van der Waals surface area contributed by atoms with Crippen LogP contribution >= 0.6 is 11.6 Å². The summed E-state index contributed by atoms with van der Waals surface area (Å²) in [6.07, 6.45) is 2.14. The van der Waals surface area contributed by atoms with E-state index >= 15 is 0 Å². The highest BCUT2D eigenvalue weighted by atomic mass is 35.5. The summed E-state index contributed by atoms with van der Waals surface area (Å²) in [6, 6.07) is 5.55. The van der Waals surface area contributed by atoms with Gasteiger partial charge in [-0.2, -0.15) is 5.26 Å². The third-order valence-electron chi connectivity index (χ3n) is 2.90. The molecular weight excluding hydrogens is 308 g/mol. The van der Waals surface area contributed by atoms with Gasteiger partial charge in [-0.1, -0.05) is 18.5 Å². The molecule has 0 heterocycles. The van der Waals surface area contributed by atoms with E-state index in [1.54, 1.807) is 6.07 Å². The zero-order chi connectivity index (χ0) is 16.7.